The van der Waals surface area contributed by atoms with Crippen molar-refractivity contribution in [2.45, 2.75) is 37.8 Å². The highest BCUT2D eigenvalue weighted by atomic mass is 35.5. The molecule has 0 radical (unpaired) electrons. The largest absolute Gasteiger partial charge is 0.494 e. The number of rotatable bonds is 12. The number of anilines is 1. The molecule has 254 valence electrons. The number of aliphatic hydroxyl groups is 1. The van der Waals surface area contributed by atoms with Gasteiger partial charge in [-0.3, -0.25) is 14.3 Å². The Bertz CT molecular complexity index is 2110. The van der Waals surface area contributed by atoms with Crippen LogP contribution in [-0.2, 0) is 16.8 Å². The summed E-state index contributed by atoms with van der Waals surface area (Å²) in [7, 11) is 1.48. The lowest BCUT2D eigenvalue weighted by atomic mass is 9.88. The fourth-order valence-corrected chi connectivity index (χ4v) is 5.76. The van der Waals surface area contributed by atoms with Gasteiger partial charge in [0.1, 0.15) is 45.8 Å². The first-order chi connectivity index (χ1) is 23.4. The molecular formula is C34H32ClF2N7O5. The van der Waals surface area contributed by atoms with Gasteiger partial charge in [-0.05, 0) is 61.7 Å². The molecule has 2 amide bonds. The number of nitrogens with zero attached hydrogens (tertiary/aromatic N) is 4. The van der Waals surface area contributed by atoms with E-state index < -0.39 is 47.0 Å². The van der Waals surface area contributed by atoms with Crippen LogP contribution in [0.1, 0.15) is 53.0 Å². The summed E-state index contributed by atoms with van der Waals surface area (Å²) in [4.78, 5) is 34.5. The molecule has 49 heavy (non-hydrogen) atoms. The summed E-state index contributed by atoms with van der Waals surface area (Å²) >= 11 is 6.04. The maximum Gasteiger partial charge on any atom is 0.251 e. The number of fused-ring (bicyclic) bond motifs is 1. The van der Waals surface area contributed by atoms with Gasteiger partial charge in [-0.1, -0.05) is 11.6 Å². The molecule has 1 fully saturated rings. The zero-order valence-electron chi connectivity index (χ0n) is 26.5. The lowest BCUT2D eigenvalue weighted by molar-refractivity contribution is -0.117. The quantitative estimate of drug-likeness (QED) is 0.138. The van der Waals surface area contributed by atoms with Crippen LogP contribution in [-0.4, -0.2) is 56.9 Å². The Morgan fingerprint density at radius 3 is 2.61 bits per heavy atom. The van der Waals surface area contributed by atoms with Gasteiger partial charge in [0.05, 0.1) is 43.4 Å². The van der Waals surface area contributed by atoms with Crippen LogP contribution in [0.15, 0.2) is 54.9 Å². The minimum atomic E-state index is -2.16. The van der Waals surface area contributed by atoms with Gasteiger partial charge in [0.2, 0.25) is 5.91 Å². The number of ether oxygens (including phenoxy) is 2. The summed E-state index contributed by atoms with van der Waals surface area (Å²) in [6.45, 7) is 1.25. The number of amides is 2. The normalized spacial score (nSPS) is 14.0. The van der Waals surface area contributed by atoms with E-state index in [0.29, 0.717) is 28.8 Å². The van der Waals surface area contributed by atoms with Crippen LogP contribution in [0.3, 0.4) is 0 Å². The molecule has 2 aromatic carbocycles. The van der Waals surface area contributed by atoms with Crippen molar-refractivity contribution in [2.24, 2.45) is 5.73 Å². The second-order valence-electron chi connectivity index (χ2n) is 11.6. The van der Waals surface area contributed by atoms with Gasteiger partial charge < -0.3 is 31.4 Å². The SMILES string of the molecule is CCOc1c(CC(N)=O)cc([C@@](O)(CNC(=O)c2cc(OC)c3nn(C4CC4)cc3c2)c2ccnc(N)c2)nc1-c1cc(Cl)c(F)cc1F. The van der Waals surface area contributed by atoms with Gasteiger partial charge in [0.25, 0.3) is 5.91 Å². The minimum absolute atomic E-state index is 0.0283. The van der Waals surface area contributed by atoms with Gasteiger partial charge in [0, 0.05) is 40.5 Å². The number of carbonyl (C=O) groups is 2. The molecule has 15 heteroatoms. The number of hydrogen-bond donors (Lipinski definition) is 4. The fraction of sp³-hybridized carbons (Fsp3) is 0.265. The zero-order chi connectivity index (χ0) is 35.0. The molecule has 3 heterocycles. The molecule has 0 aliphatic heterocycles. The molecule has 0 spiro atoms. The number of hydrogen-bond acceptors (Lipinski definition) is 9. The molecule has 5 aromatic rings. The highest BCUT2D eigenvalue weighted by Crippen LogP contribution is 2.40. The van der Waals surface area contributed by atoms with E-state index in [-0.39, 0.29) is 51.8 Å². The molecule has 12 nitrogen and oxygen atoms in total. The van der Waals surface area contributed by atoms with E-state index in [1.165, 1.54) is 31.5 Å². The minimum Gasteiger partial charge on any atom is -0.494 e. The van der Waals surface area contributed by atoms with Crippen LogP contribution in [0.5, 0.6) is 11.5 Å². The molecule has 0 bridgehead atoms. The van der Waals surface area contributed by atoms with Crippen LogP contribution < -0.4 is 26.3 Å². The molecule has 1 atom stereocenters. The topological polar surface area (TPSA) is 181 Å². The van der Waals surface area contributed by atoms with Crippen molar-refractivity contribution in [1.82, 2.24) is 25.1 Å². The fourth-order valence-electron chi connectivity index (χ4n) is 5.60. The summed E-state index contributed by atoms with van der Waals surface area (Å²) in [6.07, 6.45) is 4.85. The van der Waals surface area contributed by atoms with Gasteiger partial charge >= 0.3 is 0 Å². The third-order valence-electron chi connectivity index (χ3n) is 8.15. The Kier molecular flexibility index (Phi) is 9.10. The lowest BCUT2D eigenvalue weighted by Crippen LogP contribution is -2.42. The number of primary amides is 1. The zero-order valence-corrected chi connectivity index (χ0v) is 27.2. The van der Waals surface area contributed by atoms with Crippen LogP contribution in [0.2, 0.25) is 5.02 Å². The van der Waals surface area contributed by atoms with E-state index in [9.17, 15) is 19.1 Å². The molecule has 0 unspecified atom stereocenters. The van der Waals surface area contributed by atoms with E-state index in [2.05, 4.69) is 20.4 Å². The number of pyridine rings is 2. The smallest absolute Gasteiger partial charge is 0.251 e. The Morgan fingerprint density at radius 1 is 1.16 bits per heavy atom. The van der Waals surface area contributed by atoms with Crippen molar-refractivity contribution >= 4 is 40.1 Å². The first kappa shape index (κ1) is 33.6. The van der Waals surface area contributed by atoms with Crippen LogP contribution >= 0.6 is 11.6 Å². The first-order valence-electron chi connectivity index (χ1n) is 15.3. The highest BCUT2D eigenvalue weighted by Gasteiger charge is 2.37. The second kappa shape index (κ2) is 13.3. The molecule has 3 aromatic heterocycles. The average molecular weight is 692 g/mol. The van der Waals surface area contributed by atoms with Crippen LogP contribution in [0.4, 0.5) is 14.6 Å². The van der Waals surface area contributed by atoms with Crippen molar-refractivity contribution in [1.29, 1.82) is 0 Å². The summed E-state index contributed by atoms with van der Waals surface area (Å²) in [6, 6.07) is 9.35. The summed E-state index contributed by atoms with van der Waals surface area (Å²) in [5.41, 5.74) is 9.93. The highest BCUT2D eigenvalue weighted by molar-refractivity contribution is 6.31. The number of nitrogen functional groups attached to an aromatic ring is 1. The molecule has 6 N–H and O–H groups in total. The summed E-state index contributed by atoms with van der Waals surface area (Å²) in [5, 5.41) is 20.2. The Hall–Kier alpha value is -5.34. The third-order valence-corrected chi connectivity index (χ3v) is 8.44. The monoisotopic (exact) mass is 691 g/mol. The van der Waals surface area contributed by atoms with Crippen LogP contribution in [0, 0.1) is 11.6 Å². The van der Waals surface area contributed by atoms with E-state index in [4.69, 9.17) is 32.5 Å². The first-order valence-corrected chi connectivity index (χ1v) is 15.7. The van der Waals surface area contributed by atoms with Crippen molar-refractivity contribution in [3.63, 3.8) is 0 Å². The summed E-state index contributed by atoms with van der Waals surface area (Å²) < 4.78 is 42.7. The lowest BCUT2D eigenvalue weighted by Gasteiger charge is -2.30. The maximum atomic E-state index is 15.4. The predicted molar refractivity (Wildman–Crippen MR) is 177 cm³/mol. The predicted octanol–water partition coefficient (Wildman–Crippen LogP) is 4.44. The van der Waals surface area contributed by atoms with E-state index in [1.807, 2.05) is 10.9 Å². The molecule has 0 saturated heterocycles. The number of benzene rings is 2. The van der Waals surface area contributed by atoms with Gasteiger partial charge in [-0.2, -0.15) is 5.10 Å². The Balaban J connectivity index is 1.47. The number of aromatic nitrogens is 4. The van der Waals surface area contributed by atoms with Crippen molar-refractivity contribution in [2.75, 3.05) is 26.0 Å². The number of nitrogens with two attached hydrogens (primary N) is 2. The average Bonchev–Trinajstić information content (AvgIpc) is 3.83. The van der Waals surface area contributed by atoms with Gasteiger partial charge in [0.15, 0.2) is 0 Å². The van der Waals surface area contributed by atoms with E-state index in [0.717, 1.165) is 18.9 Å². The molecular weight excluding hydrogens is 660 g/mol. The number of carbonyl (C=O) groups excluding carboxylic acids is 2. The second-order valence-corrected chi connectivity index (χ2v) is 12.0. The van der Waals surface area contributed by atoms with Crippen molar-refractivity contribution in [3.05, 3.63) is 93.9 Å². The van der Waals surface area contributed by atoms with E-state index >= 15 is 4.39 Å². The maximum absolute atomic E-state index is 15.4. The summed E-state index contributed by atoms with van der Waals surface area (Å²) in [5.74, 6) is -2.95. The molecule has 6 rings (SSSR count). The third kappa shape index (κ3) is 6.69. The number of halogens is 3. The molecule has 1 saturated carbocycles. The Morgan fingerprint density at radius 2 is 1.94 bits per heavy atom. The number of methoxy groups -OCH3 is 1. The van der Waals surface area contributed by atoms with Crippen LogP contribution in [0.25, 0.3) is 22.2 Å². The molecule has 1 aliphatic carbocycles. The van der Waals surface area contributed by atoms with Gasteiger partial charge in [-0.15, -0.1) is 0 Å². The standard InChI is InChI=1S/C34H32ClF2N7O5/c1-3-49-32-17(11-29(39)45)10-27(42-31(32)22-13-23(35)25(37)14-24(22)36)34(47,20-6-7-40-28(38)12-20)16-41-33(46)18-8-19-15-44(21-4-5-21)43-30(19)26(9-18)48-2/h6-10,12-15,21,47H,3-5,11,16H2,1-2H3,(H2,38,40)(H2,39,45)(H,41,46)/t34-/m1/s1. The van der Waals surface area contributed by atoms with E-state index in [1.54, 1.807) is 19.1 Å². The molecule has 1 aliphatic rings. The van der Waals surface area contributed by atoms with Gasteiger partial charge in [-0.25, -0.2) is 18.7 Å². The number of nitrogens with one attached hydrogen (secondary N) is 1. The van der Waals surface area contributed by atoms with Crippen molar-refractivity contribution in [3.8, 4) is 22.8 Å². The van der Waals surface area contributed by atoms with Crippen molar-refractivity contribution < 1.29 is 33.0 Å². The Labute approximate surface area is 284 Å².